The third kappa shape index (κ3) is 5.59. The average molecular weight is 376 g/mol. The van der Waals surface area contributed by atoms with Crippen LogP contribution >= 0.6 is 0 Å². The van der Waals surface area contributed by atoms with E-state index in [1.165, 1.54) is 32.1 Å². The van der Waals surface area contributed by atoms with Crippen LogP contribution in [0.25, 0.3) is 0 Å². The number of hydrogen-bond donors (Lipinski definition) is 2. The summed E-state index contributed by atoms with van der Waals surface area (Å²) in [6.07, 6.45) is 6.32. The number of anilines is 1. The lowest BCUT2D eigenvalue weighted by atomic mass is 9.84. The second kappa shape index (κ2) is 9.42. The van der Waals surface area contributed by atoms with Gasteiger partial charge in [0.25, 0.3) is 5.91 Å². The van der Waals surface area contributed by atoms with Gasteiger partial charge in [-0.1, -0.05) is 32.1 Å². The largest absolute Gasteiger partial charge is 0.486 e. The van der Waals surface area contributed by atoms with Crippen LogP contribution in [0.3, 0.4) is 0 Å². The minimum absolute atomic E-state index is 0.0709. The second-order valence-corrected chi connectivity index (χ2v) is 7.86. The van der Waals surface area contributed by atoms with Gasteiger partial charge in [-0.25, -0.2) is 0 Å². The Kier molecular flexibility index (Phi) is 6.96. The fraction of sp³-hybridized carbons (Fsp3) is 0.667. The zero-order valence-corrected chi connectivity index (χ0v) is 16.4. The van der Waals surface area contributed by atoms with Crippen molar-refractivity contribution in [2.45, 2.75) is 70.6 Å². The predicted molar refractivity (Wildman–Crippen MR) is 105 cm³/mol. The molecule has 3 rings (SSSR count). The maximum absolute atomic E-state index is 12.9. The monoisotopic (exact) mass is 376 g/mol. The molecule has 1 aliphatic heterocycles. The first-order valence-electron chi connectivity index (χ1n) is 10.1. The number of carbonyl (C=O) groups is 1. The van der Waals surface area contributed by atoms with Gasteiger partial charge in [-0.3, -0.25) is 4.79 Å². The number of nitrogens with one attached hydrogen (secondary N) is 1. The Labute approximate surface area is 161 Å². The van der Waals surface area contributed by atoms with Crippen molar-refractivity contribution in [2.24, 2.45) is 11.7 Å². The number of rotatable bonds is 7. The van der Waals surface area contributed by atoms with Crippen molar-refractivity contribution in [1.29, 1.82) is 0 Å². The van der Waals surface area contributed by atoms with Crippen LogP contribution in [0.1, 0.15) is 52.4 Å². The second-order valence-electron chi connectivity index (χ2n) is 7.86. The van der Waals surface area contributed by atoms with Crippen LogP contribution in [-0.4, -0.2) is 37.4 Å². The van der Waals surface area contributed by atoms with Crippen LogP contribution in [0, 0.1) is 5.92 Å². The van der Waals surface area contributed by atoms with Crippen LogP contribution in [0.5, 0.6) is 11.5 Å². The lowest BCUT2D eigenvalue weighted by molar-refractivity contribution is -0.132. The van der Waals surface area contributed by atoms with Gasteiger partial charge in [0.05, 0.1) is 6.10 Å². The van der Waals surface area contributed by atoms with Crippen LogP contribution in [0.2, 0.25) is 0 Å². The normalized spacial score (nSPS) is 19.6. The summed E-state index contributed by atoms with van der Waals surface area (Å²) >= 11 is 0. The topological polar surface area (TPSA) is 82.8 Å². The molecule has 1 saturated carbocycles. The van der Waals surface area contributed by atoms with E-state index in [9.17, 15) is 4.79 Å². The zero-order chi connectivity index (χ0) is 19.2. The minimum atomic E-state index is -0.667. The van der Waals surface area contributed by atoms with Crippen molar-refractivity contribution in [3.05, 3.63) is 18.2 Å². The summed E-state index contributed by atoms with van der Waals surface area (Å²) in [4.78, 5) is 12.9. The fourth-order valence-electron chi connectivity index (χ4n) is 3.92. The molecule has 27 heavy (non-hydrogen) atoms. The predicted octanol–water partition coefficient (Wildman–Crippen LogP) is 3.49. The average Bonchev–Trinajstić information content (AvgIpc) is 2.66. The highest BCUT2D eigenvalue weighted by molar-refractivity contribution is 5.95. The lowest BCUT2D eigenvalue weighted by Gasteiger charge is -2.30. The molecular weight excluding hydrogens is 344 g/mol. The third-order valence-corrected chi connectivity index (χ3v) is 5.21. The van der Waals surface area contributed by atoms with Gasteiger partial charge in [-0.05, 0) is 38.3 Å². The molecule has 2 atom stereocenters. The van der Waals surface area contributed by atoms with Crippen molar-refractivity contribution < 1.29 is 19.0 Å². The van der Waals surface area contributed by atoms with E-state index in [-0.39, 0.29) is 18.1 Å². The van der Waals surface area contributed by atoms with Crippen LogP contribution in [0.15, 0.2) is 18.2 Å². The summed E-state index contributed by atoms with van der Waals surface area (Å²) in [6.45, 7) is 4.91. The molecule has 1 amide bonds. The number of benzene rings is 1. The smallest absolute Gasteiger partial charge is 0.255 e. The number of hydrogen-bond acceptors (Lipinski definition) is 5. The first-order valence-corrected chi connectivity index (χ1v) is 10.1. The minimum Gasteiger partial charge on any atom is -0.486 e. The molecule has 3 N–H and O–H groups in total. The Balaban J connectivity index is 1.65. The highest BCUT2D eigenvalue weighted by atomic mass is 16.6. The van der Waals surface area contributed by atoms with Crippen molar-refractivity contribution in [2.75, 3.05) is 18.5 Å². The van der Waals surface area contributed by atoms with E-state index in [2.05, 4.69) is 5.32 Å². The van der Waals surface area contributed by atoms with Gasteiger partial charge in [0.15, 0.2) is 17.6 Å². The van der Waals surface area contributed by atoms with E-state index in [0.717, 1.165) is 6.42 Å². The van der Waals surface area contributed by atoms with E-state index in [1.807, 2.05) is 26.0 Å². The molecule has 0 spiro atoms. The van der Waals surface area contributed by atoms with Gasteiger partial charge in [-0.2, -0.15) is 0 Å². The maximum Gasteiger partial charge on any atom is 0.255 e. The van der Waals surface area contributed by atoms with Gasteiger partial charge in [-0.15, -0.1) is 0 Å². The molecule has 2 aliphatic rings. The Bertz CT molecular complexity index is 629. The van der Waals surface area contributed by atoms with E-state index in [1.54, 1.807) is 6.07 Å². The number of amides is 1. The molecular formula is C21H32N2O4. The third-order valence-electron chi connectivity index (χ3n) is 5.21. The quantitative estimate of drug-likeness (QED) is 0.761. The Morgan fingerprint density at radius 1 is 1.19 bits per heavy atom. The number of ether oxygens (including phenoxy) is 3. The summed E-state index contributed by atoms with van der Waals surface area (Å²) in [5.74, 6) is 1.73. The summed E-state index contributed by atoms with van der Waals surface area (Å²) in [7, 11) is 0. The molecule has 1 aromatic carbocycles. The lowest BCUT2D eigenvalue weighted by Crippen LogP contribution is -2.47. The first-order chi connectivity index (χ1) is 13.0. The van der Waals surface area contributed by atoms with Crippen molar-refractivity contribution >= 4 is 11.6 Å². The maximum atomic E-state index is 12.9. The molecule has 150 valence electrons. The van der Waals surface area contributed by atoms with Gasteiger partial charge >= 0.3 is 0 Å². The zero-order valence-electron chi connectivity index (χ0n) is 16.4. The standard InChI is InChI=1S/C21H32N2O4/c1-14(2)27-20(17(22)12-15-6-4-3-5-7-15)21(24)23-16-8-9-18-19(13-16)26-11-10-25-18/h8-9,13-15,17,20H,3-7,10-12,22H2,1-2H3,(H,23,24)/t17-,20?/m1/s1. The molecule has 1 fully saturated rings. The summed E-state index contributed by atoms with van der Waals surface area (Å²) in [6, 6.07) is 5.09. The first kappa shape index (κ1) is 20.0. The molecule has 0 saturated heterocycles. The highest BCUT2D eigenvalue weighted by Gasteiger charge is 2.30. The summed E-state index contributed by atoms with van der Waals surface area (Å²) in [5.41, 5.74) is 7.09. The van der Waals surface area contributed by atoms with Crippen LogP contribution in [0.4, 0.5) is 5.69 Å². The molecule has 6 heteroatoms. The molecule has 1 aliphatic carbocycles. The molecule has 0 aromatic heterocycles. The fourth-order valence-corrected chi connectivity index (χ4v) is 3.92. The Morgan fingerprint density at radius 3 is 2.59 bits per heavy atom. The molecule has 0 bridgehead atoms. The Hall–Kier alpha value is -1.79. The molecule has 1 unspecified atom stereocenters. The SMILES string of the molecule is CC(C)OC(C(=O)Nc1ccc2c(c1)OCCO2)[C@H](N)CC1CCCCC1. The molecule has 1 heterocycles. The van der Waals surface area contributed by atoms with Crippen LogP contribution in [-0.2, 0) is 9.53 Å². The molecule has 6 nitrogen and oxygen atoms in total. The van der Waals surface area contributed by atoms with Crippen molar-refractivity contribution in [1.82, 2.24) is 0 Å². The van der Waals surface area contributed by atoms with Crippen molar-refractivity contribution in [3.63, 3.8) is 0 Å². The summed E-state index contributed by atoms with van der Waals surface area (Å²) in [5, 5.41) is 2.94. The van der Waals surface area contributed by atoms with Gasteiger partial charge in [0.2, 0.25) is 0 Å². The van der Waals surface area contributed by atoms with Gasteiger partial charge in [0.1, 0.15) is 13.2 Å². The number of fused-ring (bicyclic) bond motifs is 1. The van der Waals surface area contributed by atoms with Crippen LogP contribution < -0.4 is 20.5 Å². The van der Waals surface area contributed by atoms with E-state index in [4.69, 9.17) is 19.9 Å². The number of nitrogens with two attached hydrogens (primary N) is 1. The van der Waals surface area contributed by atoms with Gasteiger partial charge < -0.3 is 25.3 Å². The Morgan fingerprint density at radius 2 is 1.89 bits per heavy atom. The van der Waals surface area contributed by atoms with E-state index < -0.39 is 6.10 Å². The number of carbonyl (C=O) groups excluding carboxylic acids is 1. The summed E-state index contributed by atoms with van der Waals surface area (Å²) < 4.78 is 17.0. The van der Waals surface area contributed by atoms with Crippen molar-refractivity contribution in [3.8, 4) is 11.5 Å². The van der Waals surface area contributed by atoms with Gasteiger partial charge in [0, 0.05) is 17.8 Å². The molecule has 0 radical (unpaired) electrons. The van der Waals surface area contributed by atoms with E-state index in [0.29, 0.717) is 36.3 Å². The highest BCUT2D eigenvalue weighted by Crippen LogP contribution is 2.33. The van der Waals surface area contributed by atoms with E-state index >= 15 is 0 Å². The molecule has 1 aromatic rings.